The second-order valence-corrected chi connectivity index (χ2v) is 6.65. The van der Waals surface area contributed by atoms with Gasteiger partial charge in [-0.05, 0) is 31.2 Å². The number of benzene rings is 1. The zero-order valence-electron chi connectivity index (χ0n) is 15.0. The Morgan fingerprint density at radius 3 is 2.54 bits per heavy atom. The molecule has 1 heterocycles. The average molecular weight is 396 g/mol. The number of halogens is 3. The Kier molecular flexibility index (Phi) is 5.66. The summed E-state index contributed by atoms with van der Waals surface area (Å²) >= 11 is 0. The van der Waals surface area contributed by atoms with Crippen LogP contribution in [0.2, 0.25) is 0 Å². The lowest BCUT2D eigenvalue weighted by Gasteiger charge is -2.15. The summed E-state index contributed by atoms with van der Waals surface area (Å²) in [5.41, 5.74) is 0.602. The van der Waals surface area contributed by atoms with Crippen LogP contribution in [0.1, 0.15) is 35.4 Å². The lowest BCUT2D eigenvalue weighted by molar-refractivity contribution is -0.384. The van der Waals surface area contributed by atoms with Gasteiger partial charge in [0, 0.05) is 29.9 Å². The van der Waals surface area contributed by atoms with E-state index in [1.54, 1.807) is 0 Å². The van der Waals surface area contributed by atoms with Gasteiger partial charge in [0.25, 0.3) is 5.69 Å². The maximum absolute atomic E-state index is 13.2. The number of carbonyl (C=O) groups excluding carboxylic acids is 1. The van der Waals surface area contributed by atoms with Crippen molar-refractivity contribution in [3.05, 3.63) is 56.9 Å². The van der Waals surface area contributed by atoms with Crippen LogP contribution in [-0.2, 0) is 36.8 Å². The van der Waals surface area contributed by atoms with Crippen LogP contribution < -0.4 is 5.32 Å². The third-order valence-electron chi connectivity index (χ3n) is 4.68. The Balaban J connectivity index is 1.58. The lowest BCUT2D eigenvalue weighted by atomic mass is 9.95. The predicted octanol–water partition coefficient (Wildman–Crippen LogP) is 3.05. The van der Waals surface area contributed by atoms with Crippen LogP contribution in [0.25, 0.3) is 0 Å². The van der Waals surface area contributed by atoms with Gasteiger partial charge in [-0.3, -0.25) is 19.6 Å². The Morgan fingerprint density at radius 1 is 1.21 bits per heavy atom. The number of nitro benzene ring substituents is 1. The maximum Gasteiger partial charge on any atom is 0.435 e. The van der Waals surface area contributed by atoms with Crippen LogP contribution >= 0.6 is 0 Å². The van der Waals surface area contributed by atoms with Gasteiger partial charge in [-0.2, -0.15) is 18.3 Å². The summed E-state index contributed by atoms with van der Waals surface area (Å²) in [6, 6.07) is 5.63. The van der Waals surface area contributed by atoms with Crippen molar-refractivity contribution in [3.63, 3.8) is 0 Å². The van der Waals surface area contributed by atoms with Crippen molar-refractivity contribution in [3.8, 4) is 0 Å². The molecule has 0 bridgehead atoms. The van der Waals surface area contributed by atoms with Gasteiger partial charge in [-0.1, -0.05) is 12.1 Å². The number of non-ortho nitro benzene ring substituents is 1. The highest BCUT2D eigenvalue weighted by Crippen LogP contribution is 2.35. The van der Waals surface area contributed by atoms with Gasteiger partial charge in [-0.25, -0.2) is 0 Å². The molecule has 28 heavy (non-hydrogen) atoms. The van der Waals surface area contributed by atoms with Crippen molar-refractivity contribution in [1.82, 2.24) is 15.1 Å². The fraction of sp³-hybridized carbons (Fsp3) is 0.444. The van der Waals surface area contributed by atoms with Crippen LogP contribution in [0.15, 0.2) is 24.3 Å². The van der Waals surface area contributed by atoms with Crippen LogP contribution in [0, 0.1) is 10.1 Å². The number of hydrogen-bond donors (Lipinski definition) is 1. The van der Waals surface area contributed by atoms with E-state index in [1.807, 2.05) is 0 Å². The van der Waals surface area contributed by atoms with Gasteiger partial charge < -0.3 is 5.32 Å². The first-order chi connectivity index (χ1) is 13.3. The van der Waals surface area contributed by atoms with Crippen molar-refractivity contribution in [2.24, 2.45) is 0 Å². The number of nitrogens with zero attached hydrogens (tertiary/aromatic N) is 3. The smallest absolute Gasteiger partial charge is 0.354 e. The van der Waals surface area contributed by atoms with Crippen LogP contribution in [0.3, 0.4) is 0 Å². The second kappa shape index (κ2) is 7.99. The number of fused-ring (bicyclic) bond motifs is 1. The number of hydrogen-bond acceptors (Lipinski definition) is 4. The molecule has 0 fully saturated rings. The normalized spacial score (nSPS) is 13.8. The number of nitrogens with one attached hydrogen (secondary N) is 1. The minimum atomic E-state index is -4.48. The van der Waals surface area contributed by atoms with E-state index in [9.17, 15) is 28.1 Å². The number of amides is 1. The van der Waals surface area contributed by atoms with Crippen LogP contribution in [0.5, 0.6) is 0 Å². The van der Waals surface area contributed by atoms with E-state index in [2.05, 4.69) is 10.4 Å². The van der Waals surface area contributed by atoms with Crippen molar-refractivity contribution in [2.75, 3.05) is 6.54 Å². The SMILES string of the molecule is O=C(Cc1ccc([N+](=O)[O-])cc1)NCCn1nc(C(F)(F)F)c2c1CCCC2. The van der Waals surface area contributed by atoms with Crippen LogP contribution in [0.4, 0.5) is 18.9 Å². The van der Waals surface area contributed by atoms with E-state index in [-0.39, 0.29) is 36.7 Å². The monoisotopic (exact) mass is 396 g/mol. The second-order valence-electron chi connectivity index (χ2n) is 6.65. The molecule has 0 unspecified atom stereocenters. The Morgan fingerprint density at radius 2 is 1.89 bits per heavy atom. The summed E-state index contributed by atoms with van der Waals surface area (Å²) in [5, 5.41) is 17.0. The molecule has 150 valence electrons. The van der Waals surface area contributed by atoms with E-state index in [4.69, 9.17) is 0 Å². The molecule has 0 radical (unpaired) electrons. The van der Waals surface area contributed by atoms with Gasteiger partial charge in [0.05, 0.1) is 17.9 Å². The van der Waals surface area contributed by atoms with Crippen molar-refractivity contribution in [1.29, 1.82) is 0 Å². The molecule has 7 nitrogen and oxygen atoms in total. The van der Waals surface area contributed by atoms with Crippen molar-refractivity contribution in [2.45, 2.75) is 44.8 Å². The standard InChI is InChI=1S/C18H19F3N4O3/c19-18(20,21)17-14-3-1-2-4-15(14)24(23-17)10-9-22-16(26)11-12-5-7-13(8-6-12)25(27)28/h5-8H,1-4,9-11H2,(H,22,26). The number of rotatable bonds is 6. The molecule has 3 rings (SSSR count). The molecule has 1 N–H and O–H groups in total. The Bertz CT molecular complexity index is 875. The Hall–Kier alpha value is -2.91. The number of aromatic nitrogens is 2. The van der Waals surface area contributed by atoms with E-state index in [0.717, 1.165) is 6.42 Å². The van der Waals surface area contributed by atoms with Gasteiger partial charge in [-0.15, -0.1) is 0 Å². The molecule has 1 aromatic heterocycles. The fourth-order valence-corrected chi connectivity index (χ4v) is 3.37. The predicted molar refractivity (Wildman–Crippen MR) is 93.7 cm³/mol. The minimum absolute atomic E-state index is 0.0308. The van der Waals surface area contributed by atoms with Gasteiger partial charge >= 0.3 is 6.18 Å². The van der Waals surface area contributed by atoms with E-state index in [0.29, 0.717) is 30.5 Å². The summed E-state index contributed by atoms with van der Waals surface area (Å²) < 4.78 is 40.9. The number of carbonyl (C=O) groups is 1. The third-order valence-corrected chi connectivity index (χ3v) is 4.68. The molecule has 1 aromatic carbocycles. The topological polar surface area (TPSA) is 90.1 Å². The summed E-state index contributed by atoms with van der Waals surface area (Å²) in [6.45, 7) is 0.307. The highest BCUT2D eigenvalue weighted by molar-refractivity contribution is 5.78. The molecule has 0 aliphatic heterocycles. The largest absolute Gasteiger partial charge is 0.435 e. The molecule has 0 saturated carbocycles. The molecule has 0 spiro atoms. The highest BCUT2D eigenvalue weighted by Gasteiger charge is 2.39. The maximum atomic E-state index is 13.2. The molecule has 0 atom stereocenters. The highest BCUT2D eigenvalue weighted by atomic mass is 19.4. The number of alkyl halides is 3. The summed E-state index contributed by atoms with van der Waals surface area (Å²) in [6.07, 6.45) is -1.99. The molecular weight excluding hydrogens is 377 g/mol. The first-order valence-electron chi connectivity index (χ1n) is 8.91. The summed E-state index contributed by atoms with van der Waals surface area (Å²) in [4.78, 5) is 22.1. The summed E-state index contributed by atoms with van der Waals surface area (Å²) in [7, 11) is 0. The minimum Gasteiger partial charge on any atom is -0.354 e. The fourth-order valence-electron chi connectivity index (χ4n) is 3.37. The van der Waals surface area contributed by atoms with E-state index >= 15 is 0 Å². The Labute approximate surface area is 158 Å². The van der Waals surface area contributed by atoms with Gasteiger partial charge in [0.1, 0.15) is 0 Å². The van der Waals surface area contributed by atoms with E-state index in [1.165, 1.54) is 28.9 Å². The average Bonchev–Trinajstić information content (AvgIpc) is 3.01. The van der Waals surface area contributed by atoms with Gasteiger partial charge in [0.15, 0.2) is 5.69 Å². The summed E-state index contributed by atoms with van der Waals surface area (Å²) in [5.74, 6) is -0.314. The zero-order valence-corrected chi connectivity index (χ0v) is 15.0. The quantitative estimate of drug-likeness (QED) is 0.600. The molecule has 1 aliphatic rings. The number of nitro groups is 1. The lowest BCUT2D eigenvalue weighted by Crippen LogP contribution is -2.29. The van der Waals surface area contributed by atoms with Crippen molar-refractivity contribution >= 4 is 11.6 Å². The first-order valence-corrected chi connectivity index (χ1v) is 8.91. The molecule has 10 heteroatoms. The van der Waals surface area contributed by atoms with Crippen molar-refractivity contribution < 1.29 is 22.9 Å². The molecule has 1 aliphatic carbocycles. The third kappa shape index (κ3) is 4.49. The molecule has 0 saturated heterocycles. The molecule has 1 amide bonds. The zero-order chi connectivity index (χ0) is 20.3. The van der Waals surface area contributed by atoms with Gasteiger partial charge in [0.2, 0.25) is 5.91 Å². The van der Waals surface area contributed by atoms with E-state index < -0.39 is 16.8 Å². The van der Waals surface area contributed by atoms with Crippen LogP contribution in [-0.4, -0.2) is 27.2 Å². The first kappa shape index (κ1) is 19.8. The molecule has 2 aromatic rings. The molecular formula is C18H19F3N4O3.